The van der Waals surface area contributed by atoms with Crippen LogP contribution in [0.1, 0.15) is 47.6 Å². The zero-order valence-corrected chi connectivity index (χ0v) is 20.5. The predicted molar refractivity (Wildman–Crippen MR) is 133 cm³/mol. The molecular formula is C28H34F3N3O. The molecule has 4 rings (SSSR count). The SMILES string of the molecule is CCN1CCc2c(/C=C/C(=O)N(Cc3ccccc3C(F)(F)F)C3CCN(C)CC3)cccc2C1. The fourth-order valence-electron chi connectivity index (χ4n) is 5.19. The summed E-state index contributed by atoms with van der Waals surface area (Å²) in [5, 5.41) is 0. The molecule has 35 heavy (non-hydrogen) atoms. The van der Waals surface area contributed by atoms with Crippen molar-refractivity contribution in [2.45, 2.75) is 51.5 Å². The quantitative estimate of drug-likeness (QED) is 0.525. The summed E-state index contributed by atoms with van der Waals surface area (Å²) in [5.74, 6) is -0.236. The number of carbonyl (C=O) groups is 1. The van der Waals surface area contributed by atoms with Gasteiger partial charge in [-0.05, 0) is 80.3 Å². The van der Waals surface area contributed by atoms with Crippen LogP contribution >= 0.6 is 0 Å². The molecule has 2 aliphatic heterocycles. The number of alkyl halides is 3. The fraction of sp³-hybridized carbons (Fsp3) is 0.464. The minimum atomic E-state index is -4.45. The summed E-state index contributed by atoms with van der Waals surface area (Å²) in [6, 6.07) is 11.6. The lowest BCUT2D eigenvalue weighted by molar-refractivity contribution is -0.139. The number of benzene rings is 2. The summed E-state index contributed by atoms with van der Waals surface area (Å²) >= 11 is 0. The lowest BCUT2D eigenvalue weighted by Gasteiger charge is -2.37. The number of fused-ring (bicyclic) bond motifs is 1. The van der Waals surface area contributed by atoms with Crippen molar-refractivity contribution in [2.24, 2.45) is 0 Å². The van der Waals surface area contributed by atoms with E-state index in [1.54, 1.807) is 17.0 Å². The van der Waals surface area contributed by atoms with E-state index in [-0.39, 0.29) is 24.1 Å². The number of hydrogen-bond donors (Lipinski definition) is 0. The molecule has 0 bridgehead atoms. The van der Waals surface area contributed by atoms with Crippen molar-refractivity contribution in [2.75, 3.05) is 33.2 Å². The van der Waals surface area contributed by atoms with Crippen molar-refractivity contribution in [3.8, 4) is 0 Å². The number of halogens is 3. The highest BCUT2D eigenvalue weighted by Gasteiger charge is 2.35. The van der Waals surface area contributed by atoms with Gasteiger partial charge in [0, 0.05) is 31.8 Å². The van der Waals surface area contributed by atoms with Crippen LogP contribution in [0.4, 0.5) is 13.2 Å². The highest BCUT2D eigenvalue weighted by atomic mass is 19.4. The third-order valence-corrected chi connectivity index (χ3v) is 7.31. The second-order valence-electron chi connectivity index (χ2n) is 9.59. The smallest absolute Gasteiger partial charge is 0.332 e. The van der Waals surface area contributed by atoms with E-state index in [0.717, 1.165) is 63.6 Å². The number of hydrogen-bond acceptors (Lipinski definition) is 3. The molecule has 2 heterocycles. The summed E-state index contributed by atoms with van der Waals surface area (Å²) in [7, 11) is 2.03. The molecule has 1 amide bonds. The first kappa shape index (κ1) is 25.5. The molecule has 0 atom stereocenters. The van der Waals surface area contributed by atoms with Gasteiger partial charge in [-0.2, -0.15) is 13.2 Å². The number of amides is 1. The maximum atomic E-state index is 13.6. The highest BCUT2D eigenvalue weighted by molar-refractivity contribution is 5.92. The third kappa shape index (κ3) is 6.14. The van der Waals surface area contributed by atoms with E-state index in [2.05, 4.69) is 22.8 Å². The van der Waals surface area contributed by atoms with Crippen molar-refractivity contribution in [3.05, 3.63) is 76.4 Å². The third-order valence-electron chi connectivity index (χ3n) is 7.31. The number of piperidine rings is 1. The largest absolute Gasteiger partial charge is 0.416 e. The zero-order chi connectivity index (χ0) is 25.0. The molecule has 0 unspecified atom stereocenters. The highest BCUT2D eigenvalue weighted by Crippen LogP contribution is 2.33. The summed E-state index contributed by atoms with van der Waals surface area (Å²) in [4.78, 5) is 19.7. The van der Waals surface area contributed by atoms with Crippen molar-refractivity contribution in [1.29, 1.82) is 0 Å². The molecule has 1 saturated heterocycles. The molecule has 0 radical (unpaired) electrons. The van der Waals surface area contributed by atoms with Crippen LogP contribution in [-0.4, -0.2) is 59.9 Å². The van der Waals surface area contributed by atoms with Crippen LogP contribution in [0.15, 0.2) is 48.5 Å². The van der Waals surface area contributed by atoms with Gasteiger partial charge in [0.1, 0.15) is 0 Å². The van der Waals surface area contributed by atoms with Gasteiger partial charge in [-0.1, -0.05) is 43.3 Å². The van der Waals surface area contributed by atoms with Crippen molar-refractivity contribution in [1.82, 2.24) is 14.7 Å². The molecule has 0 saturated carbocycles. The van der Waals surface area contributed by atoms with Crippen molar-refractivity contribution in [3.63, 3.8) is 0 Å². The van der Waals surface area contributed by atoms with Crippen LogP contribution in [0.5, 0.6) is 0 Å². The Labute approximate surface area is 206 Å². The van der Waals surface area contributed by atoms with Gasteiger partial charge in [-0.15, -0.1) is 0 Å². The molecule has 2 aromatic carbocycles. The lowest BCUT2D eigenvalue weighted by atomic mass is 9.94. The maximum absolute atomic E-state index is 13.6. The molecule has 1 fully saturated rings. The van der Waals surface area contributed by atoms with E-state index < -0.39 is 11.7 Å². The Morgan fingerprint density at radius 1 is 1.09 bits per heavy atom. The molecule has 0 N–H and O–H groups in total. The lowest BCUT2D eigenvalue weighted by Crippen LogP contribution is -2.45. The number of nitrogens with zero attached hydrogens (tertiary/aromatic N) is 3. The van der Waals surface area contributed by atoms with Gasteiger partial charge in [0.2, 0.25) is 5.91 Å². The van der Waals surface area contributed by atoms with Crippen LogP contribution in [0, 0.1) is 0 Å². The molecule has 0 spiro atoms. The summed E-state index contributed by atoms with van der Waals surface area (Å²) in [6.07, 6.45) is 1.37. The maximum Gasteiger partial charge on any atom is 0.416 e. The van der Waals surface area contributed by atoms with Gasteiger partial charge in [-0.3, -0.25) is 9.69 Å². The van der Waals surface area contributed by atoms with E-state index in [0.29, 0.717) is 0 Å². The molecule has 188 valence electrons. The fourth-order valence-corrected chi connectivity index (χ4v) is 5.19. The second kappa shape index (κ2) is 11.0. The Bertz CT molecular complexity index is 1060. The molecule has 0 aromatic heterocycles. The Morgan fingerprint density at radius 3 is 2.54 bits per heavy atom. The minimum absolute atomic E-state index is 0.0500. The molecule has 2 aliphatic rings. The summed E-state index contributed by atoms with van der Waals surface area (Å²) in [5.41, 5.74) is 3.02. The number of carbonyl (C=O) groups excluding carboxylic acids is 1. The predicted octanol–water partition coefficient (Wildman–Crippen LogP) is 5.22. The van der Waals surface area contributed by atoms with E-state index in [4.69, 9.17) is 0 Å². The molecule has 7 heteroatoms. The van der Waals surface area contributed by atoms with E-state index in [9.17, 15) is 18.0 Å². The van der Waals surface area contributed by atoms with E-state index in [1.165, 1.54) is 23.3 Å². The topological polar surface area (TPSA) is 26.8 Å². The second-order valence-corrected chi connectivity index (χ2v) is 9.59. The normalized spacial score (nSPS) is 18.1. The first-order valence-corrected chi connectivity index (χ1v) is 12.4. The number of rotatable bonds is 6. The van der Waals surface area contributed by atoms with E-state index in [1.807, 2.05) is 25.3 Å². The minimum Gasteiger partial charge on any atom is -0.332 e. The van der Waals surface area contributed by atoms with Gasteiger partial charge >= 0.3 is 6.18 Å². The Hall–Kier alpha value is -2.64. The van der Waals surface area contributed by atoms with Crippen LogP contribution in [0.3, 0.4) is 0 Å². The van der Waals surface area contributed by atoms with Crippen molar-refractivity contribution < 1.29 is 18.0 Å². The molecule has 2 aromatic rings. The van der Waals surface area contributed by atoms with Gasteiger partial charge in [0.15, 0.2) is 0 Å². The summed E-state index contributed by atoms with van der Waals surface area (Å²) in [6.45, 7) is 6.63. The number of likely N-dealkylation sites (N-methyl/N-ethyl adjacent to an activating group) is 1. The first-order chi connectivity index (χ1) is 16.8. The standard InChI is InChI=1S/C28H34F3N3O/c1-3-33-18-15-25-21(8-6-9-22(25)19-33)11-12-27(35)34(24-13-16-32(2)17-14-24)20-23-7-4-5-10-26(23)28(29,30)31/h4-12,24H,3,13-20H2,1-2H3/b12-11+. The zero-order valence-electron chi connectivity index (χ0n) is 20.5. The first-order valence-electron chi connectivity index (χ1n) is 12.4. The van der Waals surface area contributed by atoms with Gasteiger partial charge in [-0.25, -0.2) is 0 Å². The monoisotopic (exact) mass is 485 g/mol. The van der Waals surface area contributed by atoms with Crippen LogP contribution < -0.4 is 0 Å². The molecule has 0 aliphatic carbocycles. The van der Waals surface area contributed by atoms with Crippen LogP contribution in [0.2, 0.25) is 0 Å². The Kier molecular flexibility index (Phi) is 7.97. The molecular weight excluding hydrogens is 451 g/mol. The van der Waals surface area contributed by atoms with Gasteiger partial charge in [0.25, 0.3) is 0 Å². The average Bonchev–Trinajstić information content (AvgIpc) is 2.85. The van der Waals surface area contributed by atoms with Crippen LogP contribution in [-0.2, 0) is 30.5 Å². The Balaban J connectivity index is 1.59. The summed E-state index contributed by atoms with van der Waals surface area (Å²) < 4.78 is 40.9. The Morgan fingerprint density at radius 2 is 1.83 bits per heavy atom. The average molecular weight is 486 g/mol. The molecule has 4 nitrogen and oxygen atoms in total. The van der Waals surface area contributed by atoms with Crippen LogP contribution in [0.25, 0.3) is 6.08 Å². The van der Waals surface area contributed by atoms with Gasteiger partial charge in [0.05, 0.1) is 5.56 Å². The van der Waals surface area contributed by atoms with E-state index >= 15 is 0 Å². The number of likely N-dealkylation sites (tertiary alicyclic amines) is 1. The van der Waals surface area contributed by atoms with Crippen molar-refractivity contribution >= 4 is 12.0 Å². The van der Waals surface area contributed by atoms with Gasteiger partial charge < -0.3 is 9.80 Å².